The van der Waals surface area contributed by atoms with E-state index in [1.54, 1.807) is 54.6 Å². The van der Waals surface area contributed by atoms with Gasteiger partial charge in [0, 0.05) is 29.2 Å². The van der Waals surface area contributed by atoms with Gasteiger partial charge in [-0.25, -0.2) is 4.68 Å². The van der Waals surface area contributed by atoms with Crippen molar-refractivity contribution in [1.29, 1.82) is 0 Å². The number of alkyl halides is 3. The molecule has 2 heterocycles. The van der Waals surface area contributed by atoms with Crippen molar-refractivity contribution in [3.63, 3.8) is 0 Å². The number of rotatable bonds is 6. The van der Waals surface area contributed by atoms with Crippen molar-refractivity contribution in [2.45, 2.75) is 13.1 Å². The van der Waals surface area contributed by atoms with Gasteiger partial charge in [-0.2, -0.15) is 18.3 Å². The van der Waals surface area contributed by atoms with Gasteiger partial charge in [-0.3, -0.25) is 9.78 Å². The van der Waals surface area contributed by atoms with Crippen LogP contribution in [0.5, 0.6) is 0 Å². The number of hydrogen-bond donors (Lipinski definition) is 1. The molecule has 1 aromatic carbocycles. The lowest BCUT2D eigenvalue weighted by molar-refractivity contribution is -0.141. The first-order valence-corrected chi connectivity index (χ1v) is 9.28. The second kappa shape index (κ2) is 9.25. The van der Waals surface area contributed by atoms with Gasteiger partial charge < -0.3 is 5.32 Å². The molecule has 1 amide bonds. The average Bonchev–Trinajstić information content (AvgIpc) is 3.21. The smallest absolute Gasteiger partial charge is 0.322 e. The molecule has 0 aliphatic rings. The van der Waals surface area contributed by atoms with Gasteiger partial charge in [0.25, 0.3) is 5.91 Å². The van der Waals surface area contributed by atoms with Crippen molar-refractivity contribution in [1.82, 2.24) is 14.8 Å². The summed E-state index contributed by atoms with van der Waals surface area (Å²) in [5, 5.41) is 6.47. The van der Waals surface area contributed by atoms with Crippen molar-refractivity contribution >= 4 is 11.6 Å². The molecule has 1 N–H and O–H groups in total. The molecule has 31 heavy (non-hydrogen) atoms. The maximum absolute atomic E-state index is 13.3. The van der Waals surface area contributed by atoms with Gasteiger partial charge in [0.15, 0.2) is 5.69 Å². The van der Waals surface area contributed by atoms with Crippen molar-refractivity contribution in [2.75, 3.05) is 5.32 Å². The zero-order valence-electron chi connectivity index (χ0n) is 16.6. The van der Waals surface area contributed by atoms with E-state index in [2.05, 4.69) is 22.0 Å². The Kier molecular flexibility index (Phi) is 6.49. The zero-order chi connectivity index (χ0) is 22.4. The number of aromatic nitrogens is 3. The topological polar surface area (TPSA) is 59.8 Å². The third-order valence-corrected chi connectivity index (χ3v) is 4.30. The van der Waals surface area contributed by atoms with Gasteiger partial charge in [0.1, 0.15) is 0 Å². The van der Waals surface area contributed by atoms with E-state index in [-0.39, 0.29) is 11.6 Å². The molecule has 3 aromatic rings. The second-order valence-corrected chi connectivity index (χ2v) is 6.41. The molecule has 2 aromatic heterocycles. The van der Waals surface area contributed by atoms with Gasteiger partial charge in [0.2, 0.25) is 0 Å². The summed E-state index contributed by atoms with van der Waals surface area (Å²) in [6, 6.07) is 10.6. The number of benzene rings is 1. The van der Waals surface area contributed by atoms with Crippen molar-refractivity contribution in [2.24, 2.45) is 0 Å². The van der Waals surface area contributed by atoms with E-state index >= 15 is 0 Å². The summed E-state index contributed by atoms with van der Waals surface area (Å²) in [4.78, 5) is 16.2. The number of nitrogens with zero attached hydrogens (tertiary/aromatic N) is 3. The Balaban J connectivity index is 1.93. The fourth-order valence-electron chi connectivity index (χ4n) is 2.77. The van der Waals surface area contributed by atoms with Crippen LogP contribution in [0.1, 0.15) is 12.6 Å². The monoisotopic (exact) mass is 424 g/mol. The molecule has 0 unspecified atom stereocenters. The molecular formula is C23H19F3N4O. The molecule has 0 radical (unpaired) electrons. The lowest BCUT2D eigenvalue weighted by atomic mass is 10.1. The van der Waals surface area contributed by atoms with Gasteiger partial charge in [0.05, 0.1) is 11.4 Å². The van der Waals surface area contributed by atoms with Crippen molar-refractivity contribution in [3.05, 3.63) is 97.0 Å². The number of hydrogen-bond acceptors (Lipinski definition) is 3. The largest absolute Gasteiger partial charge is 0.435 e. The highest BCUT2D eigenvalue weighted by atomic mass is 19.4. The predicted molar refractivity (Wildman–Crippen MR) is 114 cm³/mol. The Labute approximate surface area is 177 Å². The minimum atomic E-state index is -4.58. The highest BCUT2D eigenvalue weighted by Crippen LogP contribution is 2.33. The number of halogens is 3. The zero-order valence-corrected chi connectivity index (χ0v) is 16.6. The van der Waals surface area contributed by atoms with Gasteiger partial charge in [-0.1, -0.05) is 24.8 Å². The molecule has 158 valence electrons. The first-order valence-electron chi connectivity index (χ1n) is 9.28. The number of carbonyl (C=O) groups excluding carboxylic acids is 1. The fraction of sp³-hybridized carbons (Fsp3) is 0.0870. The highest BCUT2D eigenvalue weighted by molar-refractivity contribution is 6.05. The third-order valence-electron chi connectivity index (χ3n) is 4.30. The van der Waals surface area contributed by atoms with Crippen LogP contribution in [-0.4, -0.2) is 20.7 Å². The minimum Gasteiger partial charge on any atom is -0.322 e. The molecule has 0 fully saturated rings. The molecule has 8 heteroatoms. The number of amides is 1. The van der Waals surface area contributed by atoms with E-state index in [9.17, 15) is 18.0 Å². The molecule has 5 nitrogen and oxygen atoms in total. The molecular weight excluding hydrogens is 405 g/mol. The van der Waals surface area contributed by atoms with E-state index in [0.717, 1.165) is 6.07 Å². The standard InChI is InChI=1S/C23H19F3N4O/c1-3-5-6-16(4-2)22(31)28-18-7-9-19(10-8-18)30-20(17-11-13-27-14-12-17)15-21(29-30)23(24,25)26/h3-15H,2H2,1H3,(H,28,31)/b5-3-,16-6+. The fourth-order valence-corrected chi connectivity index (χ4v) is 2.77. The summed E-state index contributed by atoms with van der Waals surface area (Å²) in [7, 11) is 0. The van der Waals surface area contributed by atoms with E-state index < -0.39 is 11.9 Å². The first-order chi connectivity index (χ1) is 14.8. The summed E-state index contributed by atoms with van der Waals surface area (Å²) in [6.07, 6.45) is 4.98. The van der Waals surface area contributed by atoms with Crippen molar-refractivity contribution in [3.8, 4) is 16.9 Å². The number of anilines is 1. The maximum atomic E-state index is 13.3. The predicted octanol–water partition coefficient (Wildman–Crippen LogP) is 5.58. The number of carbonyl (C=O) groups is 1. The summed E-state index contributed by atoms with van der Waals surface area (Å²) in [5.41, 5.74) is 1.09. The quantitative estimate of drug-likeness (QED) is 0.415. The van der Waals surface area contributed by atoms with Crippen LogP contribution in [0.3, 0.4) is 0 Å². The summed E-state index contributed by atoms with van der Waals surface area (Å²) in [6.45, 7) is 5.45. The normalized spacial score (nSPS) is 12.2. The van der Waals surface area contributed by atoms with Gasteiger partial charge in [-0.05, 0) is 55.5 Å². The number of allylic oxidation sites excluding steroid dienone is 3. The summed E-state index contributed by atoms with van der Waals surface area (Å²) >= 11 is 0. The molecule has 0 saturated heterocycles. The molecule has 0 aliphatic carbocycles. The van der Waals surface area contributed by atoms with Gasteiger partial charge in [-0.15, -0.1) is 0 Å². The van der Waals surface area contributed by atoms with Crippen LogP contribution in [0.15, 0.2) is 91.3 Å². The lowest BCUT2D eigenvalue weighted by Gasteiger charge is -2.10. The van der Waals surface area contributed by atoms with Crippen LogP contribution in [-0.2, 0) is 11.0 Å². The Bertz CT molecular complexity index is 1130. The van der Waals surface area contributed by atoms with Crippen LogP contribution in [0.2, 0.25) is 0 Å². The molecule has 0 atom stereocenters. The first kappa shape index (κ1) is 21.8. The van der Waals surface area contributed by atoms with Crippen LogP contribution < -0.4 is 5.32 Å². The second-order valence-electron chi connectivity index (χ2n) is 6.41. The maximum Gasteiger partial charge on any atom is 0.435 e. The van der Waals surface area contributed by atoms with Crippen LogP contribution in [0, 0.1) is 0 Å². The average molecular weight is 424 g/mol. The highest BCUT2D eigenvalue weighted by Gasteiger charge is 2.35. The minimum absolute atomic E-state index is 0.273. The molecule has 3 rings (SSSR count). The van der Waals surface area contributed by atoms with E-state index in [1.807, 2.05) is 6.92 Å². The van der Waals surface area contributed by atoms with Crippen LogP contribution >= 0.6 is 0 Å². The Morgan fingerprint density at radius 2 is 1.81 bits per heavy atom. The molecule has 0 bridgehead atoms. The Morgan fingerprint density at radius 1 is 1.13 bits per heavy atom. The number of nitrogens with one attached hydrogen (secondary N) is 1. The lowest BCUT2D eigenvalue weighted by Crippen LogP contribution is -2.13. The third kappa shape index (κ3) is 5.16. The van der Waals surface area contributed by atoms with Crippen molar-refractivity contribution < 1.29 is 18.0 Å². The number of pyridine rings is 1. The van der Waals surface area contributed by atoms with E-state index in [1.165, 1.54) is 23.2 Å². The Morgan fingerprint density at radius 3 is 2.39 bits per heavy atom. The molecule has 0 saturated carbocycles. The summed E-state index contributed by atoms with van der Waals surface area (Å²) < 4.78 is 41.0. The van der Waals surface area contributed by atoms with Crippen LogP contribution in [0.25, 0.3) is 16.9 Å². The molecule has 0 aliphatic heterocycles. The van der Waals surface area contributed by atoms with Crippen LogP contribution in [0.4, 0.5) is 18.9 Å². The van der Waals surface area contributed by atoms with E-state index in [0.29, 0.717) is 22.5 Å². The summed E-state index contributed by atoms with van der Waals surface area (Å²) in [5.74, 6) is -0.350. The van der Waals surface area contributed by atoms with E-state index in [4.69, 9.17) is 0 Å². The Hall–Kier alpha value is -3.94. The van der Waals surface area contributed by atoms with Gasteiger partial charge >= 0.3 is 6.18 Å². The SMILES string of the molecule is C=C/C(=C\C=C/C)C(=O)Nc1ccc(-n2nc(C(F)(F)F)cc2-c2ccncc2)cc1. The molecule has 0 spiro atoms.